The van der Waals surface area contributed by atoms with Crippen molar-refractivity contribution >= 4 is 11.5 Å². The van der Waals surface area contributed by atoms with Crippen molar-refractivity contribution in [2.45, 2.75) is 18.5 Å². The summed E-state index contributed by atoms with van der Waals surface area (Å²) in [6, 6.07) is 7.41. The first-order valence-electron chi connectivity index (χ1n) is 6.47. The molecular weight excluding hydrogens is 262 g/mol. The molecule has 0 aliphatic carbocycles. The number of hydrogen-bond donors (Lipinski definition) is 0. The first-order chi connectivity index (χ1) is 9.78. The van der Waals surface area contributed by atoms with Crippen LogP contribution < -0.4 is 4.74 Å². The van der Waals surface area contributed by atoms with Crippen molar-refractivity contribution in [3.8, 4) is 5.75 Å². The van der Waals surface area contributed by atoms with Gasteiger partial charge in [0.15, 0.2) is 6.10 Å². The van der Waals surface area contributed by atoms with E-state index in [1.165, 1.54) is 0 Å². The average Bonchev–Trinajstić information content (AvgIpc) is 3.11. The molecule has 104 valence electrons. The van der Waals surface area contributed by atoms with E-state index in [2.05, 4.69) is 5.16 Å². The number of ketones is 1. The molecule has 0 spiro atoms. The maximum atomic E-state index is 12.3. The Morgan fingerprint density at radius 3 is 2.85 bits per heavy atom. The van der Waals surface area contributed by atoms with Crippen LogP contribution in [-0.4, -0.2) is 43.7 Å². The van der Waals surface area contributed by atoms with Crippen LogP contribution in [0, 0.1) is 5.92 Å². The van der Waals surface area contributed by atoms with E-state index in [0.717, 1.165) is 11.3 Å². The van der Waals surface area contributed by atoms with Gasteiger partial charge in [-0.05, 0) is 24.3 Å². The van der Waals surface area contributed by atoms with Crippen LogP contribution in [0.15, 0.2) is 29.4 Å². The van der Waals surface area contributed by atoms with Gasteiger partial charge in [0.1, 0.15) is 23.5 Å². The summed E-state index contributed by atoms with van der Waals surface area (Å²) < 4.78 is 15.9. The van der Waals surface area contributed by atoms with E-state index >= 15 is 0 Å². The lowest BCUT2D eigenvalue weighted by atomic mass is 9.85. The lowest BCUT2D eigenvalue weighted by Crippen LogP contribution is -2.48. The van der Waals surface area contributed by atoms with E-state index in [1.807, 2.05) is 24.3 Å². The fourth-order valence-corrected chi connectivity index (χ4v) is 2.85. The number of nitrogens with zero attached hydrogens (tertiary/aromatic N) is 1. The summed E-state index contributed by atoms with van der Waals surface area (Å²) in [6.45, 7) is 0.378. The summed E-state index contributed by atoms with van der Waals surface area (Å²) in [7, 11) is 1.61. The summed E-state index contributed by atoms with van der Waals surface area (Å²) >= 11 is 0. The number of oxime groups is 1. The zero-order chi connectivity index (χ0) is 13.7. The molecule has 4 atom stereocenters. The Kier molecular flexibility index (Phi) is 2.55. The fraction of sp³-hybridized carbons (Fsp3) is 0.429. The third-order valence-electron chi connectivity index (χ3n) is 3.90. The molecular formula is C14H13NO5. The van der Waals surface area contributed by atoms with Crippen molar-refractivity contribution in [3.05, 3.63) is 29.8 Å². The number of carbonyl (C=O) groups excluding carboxylic acids is 1. The summed E-state index contributed by atoms with van der Waals surface area (Å²) in [4.78, 5) is 17.7. The van der Waals surface area contributed by atoms with Gasteiger partial charge in [-0.2, -0.15) is 0 Å². The van der Waals surface area contributed by atoms with Crippen molar-refractivity contribution in [2.75, 3.05) is 13.7 Å². The molecule has 0 aromatic heterocycles. The van der Waals surface area contributed by atoms with Crippen LogP contribution in [0.4, 0.5) is 0 Å². The molecule has 2 saturated heterocycles. The molecule has 20 heavy (non-hydrogen) atoms. The van der Waals surface area contributed by atoms with Crippen LogP contribution in [-0.2, 0) is 19.1 Å². The molecule has 1 aromatic carbocycles. The number of rotatable bonds is 2. The highest BCUT2D eigenvalue weighted by molar-refractivity contribution is 6.15. The van der Waals surface area contributed by atoms with Crippen LogP contribution >= 0.6 is 0 Å². The second-order valence-electron chi connectivity index (χ2n) is 4.99. The number of Topliss-reactive ketones (excluding diaryl/α,β-unsaturated/α-hetero) is 1. The van der Waals surface area contributed by atoms with E-state index in [0.29, 0.717) is 12.3 Å². The molecule has 6 nitrogen and oxygen atoms in total. The maximum absolute atomic E-state index is 12.3. The molecule has 3 aliphatic rings. The monoisotopic (exact) mass is 275 g/mol. The van der Waals surface area contributed by atoms with Crippen molar-refractivity contribution in [2.24, 2.45) is 11.1 Å². The van der Waals surface area contributed by atoms with Gasteiger partial charge >= 0.3 is 0 Å². The lowest BCUT2D eigenvalue weighted by Gasteiger charge is -2.27. The molecule has 3 heterocycles. The van der Waals surface area contributed by atoms with Gasteiger partial charge in [-0.25, -0.2) is 0 Å². The molecule has 1 aromatic rings. The van der Waals surface area contributed by atoms with Crippen LogP contribution in [0.5, 0.6) is 5.75 Å². The SMILES string of the molecule is COc1ccc(C2=NO[C@H]3[C@H]2C(=O)[C@@H]2OC[C@@H]3O2)cc1. The van der Waals surface area contributed by atoms with Gasteiger partial charge in [0.25, 0.3) is 0 Å². The van der Waals surface area contributed by atoms with E-state index in [1.54, 1.807) is 7.11 Å². The van der Waals surface area contributed by atoms with Crippen molar-refractivity contribution in [3.63, 3.8) is 0 Å². The number of hydrogen-bond acceptors (Lipinski definition) is 6. The first-order valence-corrected chi connectivity index (χ1v) is 6.47. The van der Waals surface area contributed by atoms with Crippen LogP contribution in [0.1, 0.15) is 5.56 Å². The van der Waals surface area contributed by atoms with Crippen molar-refractivity contribution in [1.82, 2.24) is 0 Å². The van der Waals surface area contributed by atoms with Gasteiger partial charge in [0.05, 0.1) is 13.7 Å². The van der Waals surface area contributed by atoms with Crippen molar-refractivity contribution < 1.29 is 23.8 Å². The van der Waals surface area contributed by atoms with E-state index in [4.69, 9.17) is 19.0 Å². The second kappa shape index (κ2) is 4.29. The minimum atomic E-state index is -0.772. The summed E-state index contributed by atoms with van der Waals surface area (Å²) in [5, 5.41) is 4.09. The molecule has 0 saturated carbocycles. The molecule has 2 fully saturated rings. The Bertz CT molecular complexity index is 582. The number of carbonyl (C=O) groups is 1. The second-order valence-corrected chi connectivity index (χ2v) is 4.99. The van der Waals surface area contributed by atoms with Crippen LogP contribution in [0.2, 0.25) is 0 Å². The fourth-order valence-electron chi connectivity index (χ4n) is 2.85. The average molecular weight is 275 g/mol. The molecule has 6 heteroatoms. The minimum Gasteiger partial charge on any atom is -0.497 e. The molecule has 0 amide bonds. The standard InChI is InChI=1S/C14H13NO5/c1-17-8-4-2-7(3-5-8)11-10-12(16)14-18-6-9(19-14)13(10)20-15-11/h2-5,9-10,13-14H,6H2,1H3/t9-,10+,13+,14+/m0/s1. The zero-order valence-corrected chi connectivity index (χ0v) is 10.8. The van der Waals surface area contributed by atoms with E-state index in [9.17, 15) is 4.79 Å². The normalized spacial score (nSPS) is 34.5. The van der Waals surface area contributed by atoms with Gasteiger partial charge in [-0.3, -0.25) is 4.79 Å². The predicted molar refractivity (Wildman–Crippen MR) is 67.5 cm³/mol. The Hall–Kier alpha value is -1.92. The Labute approximate surface area is 115 Å². The molecule has 4 rings (SSSR count). The van der Waals surface area contributed by atoms with E-state index in [-0.39, 0.29) is 18.0 Å². The highest BCUT2D eigenvalue weighted by atomic mass is 16.7. The number of fused-ring (bicyclic) bond motifs is 4. The molecule has 0 N–H and O–H groups in total. The van der Waals surface area contributed by atoms with Crippen LogP contribution in [0.25, 0.3) is 0 Å². The first kappa shape index (κ1) is 11.9. The Balaban J connectivity index is 1.67. The number of benzene rings is 1. The molecule has 3 aliphatic heterocycles. The molecule has 0 radical (unpaired) electrons. The lowest BCUT2D eigenvalue weighted by molar-refractivity contribution is -0.169. The minimum absolute atomic E-state index is 0.115. The Morgan fingerprint density at radius 1 is 1.30 bits per heavy atom. The summed E-state index contributed by atoms with van der Waals surface area (Å²) in [6.07, 6.45) is -1.37. The zero-order valence-electron chi connectivity index (χ0n) is 10.8. The van der Waals surface area contributed by atoms with Gasteiger partial charge < -0.3 is 19.0 Å². The van der Waals surface area contributed by atoms with E-state index < -0.39 is 12.2 Å². The van der Waals surface area contributed by atoms with Gasteiger partial charge in [0.2, 0.25) is 12.1 Å². The highest BCUT2D eigenvalue weighted by Crippen LogP contribution is 2.37. The summed E-state index contributed by atoms with van der Waals surface area (Å²) in [5.41, 5.74) is 1.50. The topological polar surface area (TPSA) is 66.4 Å². The third kappa shape index (κ3) is 1.58. The smallest absolute Gasteiger partial charge is 0.219 e. The predicted octanol–water partition coefficient (Wildman–Crippen LogP) is 0.738. The summed E-state index contributed by atoms with van der Waals surface area (Å²) in [5.74, 6) is 0.233. The third-order valence-corrected chi connectivity index (χ3v) is 3.90. The largest absolute Gasteiger partial charge is 0.497 e. The number of methoxy groups -OCH3 is 1. The molecule has 2 bridgehead atoms. The Morgan fingerprint density at radius 2 is 2.10 bits per heavy atom. The number of ether oxygens (including phenoxy) is 3. The maximum Gasteiger partial charge on any atom is 0.219 e. The van der Waals surface area contributed by atoms with Gasteiger partial charge in [0, 0.05) is 5.56 Å². The van der Waals surface area contributed by atoms with Gasteiger partial charge in [-0.1, -0.05) is 5.16 Å². The highest BCUT2D eigenvalue weighted by Gasteiger charge is 2.56. The quantitative estimate of drug-likeness (QED) is 0.796. The van der Waals surface area contributed by atoms with Crippen LogP contribution in [0.3, 0.4) is 0 Å². The van der Waals surface area contributed by atoms with Crippen molar-refractivity contribution in [1.29, 1.82) is 0 Å². The van der Waals surface area contributed by atoms with Gasteiger partial charge in [-0.15, -0.1) is 0 Å². The molecule has 0 unspecified atom stereocenters.